The second-order valence-corrected chi connectivity index (χ2v) is 8.06. The Bertz CT molecular complexity index is 1070. The van der Waals surface area contributed by atoms with Crippen molar-refractivity contribution in [1.29, 1.82) is 5.26 Å². The van der Waals surface area contributed by atoms with Gasteiger partial charge in [0, 0.05) is 49.7 Å². The predicted octanol–water partition coefficient (Wildman–Crippen LogP) is 1.84. The van der Waals surface area contributed by atoms with Crippen LogP contribution in [0.25, 0.3) is 5.57 Å². The number of amides is 1. The lowest BCUT2D eigenvalue weighted by Crippen LogP contribution is -2.36. The van der Waals surface area contributed by atoms with Gasteiger partial charge in [-0.05, 0) is 19.9 Å². The van der Waals surface area contributed by atoms with Crippen LogP contribution in [0.15, 0.2) is 30.7 Å². The molecule has 3 N–H and O–H groups in total. The molecule has 4 rings (SSSR count). The number of fused-ring (bicyclic) bond motifs is 1. The van der Waals surface area contributed by atoms with Crippen LogP contribution in [-0.2, 0) is 16.0 Å². The van der Waals surface area contributed by atoms with Crippen molar-refractivity contribution >= 4 is 22.9 Å². The number of nitrogens with one attached hydrogen (secondary N) is 1. The highest BCUT2D eigenvalue weighted by Crippen LogP contribution is 2.42. The number of morpholine rings is 1. The van der Waals surface area contributed by atoms with Gasteiger partial charge in [0.1, 0.15) is 17.4 Å². The van der Waals surface area contributed by atoms with E-state index in [9.17, 15) is 4.79 Å². The summed E-state index contributed by atoms with van der Waals surface area (Å²) in [5.41, 5.74) is 8.41. The van der Waals surface area contributed by atoms with Crippen LogP contribution in [0, 0.1) is 11.3 Å². The molecule has 0 unspecified atom stereocenters. The number of nitriles is 1. The molecule has 9 nitrogen and oxygen atoms in total. The van der Waals surface area contributed by atoms with Gasteiger partial charge in [-0.1, -0.05) is 0 Å². The van der Waals surface area contributed by atoms with E-state index >= 15 is 0 Å². The molecule has 9 heteroatoms. The molecule has 1 aromatic heterocycles. The number of hydrogen-bond donors (Lipinski definition) is 2. The van der Waals surface area contributed by atoms with E-state index in [1.165, 1.54) is 18.6 Å². The lowest BCUT2D eigenvalue weighted by Gasteiger charge is -2.31. The lowest BCUT2D eigenvalue weighted by molar-refractivity contribution is -0.111. The Morgan fingerprint density at radius 3 is 2.65 bits per heavy atom. The summed E-state index contributed by atoms with van der Waals surface area (Å²) in [4.78, 5) is 23.4. The number of anilines is 2. The predicted molar refractivity (Wildman–Crippen MR) is 115 cm³/mol. The van der Waals surface area contributed by atoms with Crippen LogP contribution in [0.3, 0.4) is 0 Å². The summed E-state index contributed by atoms with van der Waals surface area (Å²) in [6.07, 6.45) is 4.62. The average Bonchev–Trinajstić information content (AvgIpc) is 3.07. The Hall–Kier alpha value is -3.64. The van der Waals surface area contributed by atoms with E-state index in [1.807, 2.05) is 32.0 Å². The number of ether oxygens (including phenoxy) is 2. The Morgan fingerprint density at radius 1 is 1.29 bits per heavy atom. The second kappa shape index (κ2) is 8.24. The van der Waals surface area contributed by atoms with Gasteiger partial charge in [-0.3, -0.25) is 4.79 Å². The minimum Gasteiger partial charge on any atom is -0.487 e. The first-order valence-corrected chi connectivity index (χ1v) is 10.0. The summed E-state index contributed by atoms with van der Waals surface area (Å²) in [5.74, 6) is 0.548. The van der Waals surface area contributed by atoms with Crippen LogP contribution >= 0.6 is 0 Å². The molecule has 160 valence electrons. The van der Waals surface area contributed by atoms with Crippen LogP contribution in [0.5, 0.6) is 5.75 Å². The Labute approximate surface area is 180 Å². The zero-order valence-electron chi connectivity index (χ0n) is 17.5. The molecule has 0 atom stereocenters. The van der Waals surface area contributed by atoms with Crippen molar-refractivity contribution in [2.75, 3.05) is 36.5 Å². The molecule has 1 fully saturated rings. The molecule has 2 aromatic rings. The lowest BCUT2D eigenvalue weighted by atomic mass is 10.0. The van der Waals surface area contributed by atoms with Crippen molar-refractivity contribution in [3.05, 3.63) is 47.7 Å². The highest BCUT2D eigenvalue weighted by molar-refractivity contribution is 6.24. The maximum absolute atomic E-state index is 13.1. The third kappa shape index (κ3) is 4.29. The van der Waals surface area contributed by atoms with Gasteiger partial charge in [0.15, 0.2) is 5.82 Å². The van der Waals surface area contributed by atoms with Gasteiger partial charge in [0.05, 0.1) is 35.7 Å². The quantitative estimate of drug-likeness (QED) is 0.718. The number of carbonyl (C=O) groups is 1. The van der Waals surface area contributed by atoms with Gasteiger partial charge >= 0.3 is 0 Å². The van der Waals surface area contributed by atoms with E-state index in [0.29, 0.717) is 37.6 Å². The number of nitrogens with zero attached hydrogens (tertiary/aromatic N) is 4. The number of aromatic nitrogens is 2. The smallest absolute Gasteiger partial charge is 0.261 e. The van der Waals surface area contributed by atoms with Gasteiger partial charge in [-0.2, -0.15) is 5.26 Å². The van der Waals surface area contributed by atoms with E-state index < -0.39 is 5.91 Å². The fourth-order valence-electron chi connectivity index (χ4n) is 3.77. The van der Waals surface area contributed by atoms with Crippen molar-refractivity contribution in [3.8, 4) is 11.8 Å². The monoisotopic (exact) mass is 420 g/mol. The molecule has 2 aliphatic heterocycles. The standard InChI is InChI=1S/C22H24N6O3/c1-22(2)9-15-7-17(18(8-19(15)31-22)28-3-5-30-6-4-28)27-21(29)16(11-24)20-25-12-14(10-23)13-26-20/h7-8,11-13H,3-6,9,24H2,1-2H3,(H,27,29)/b16-11+. The first kappa shape index (κ1) is 20.6. The summed E-state index contributed by atoms with van der Waals surface area (Å²) >= 11 is 0. The zero-order valence-corrected chi connectivity index (χ0v) is 17.5. The van der Waals surface area contributed by atoms with Gasteiger partial charge in [0.25, 0.3) is 5.91 Å². The van der Waals surface area contributed by atoms with Crippen molar-refractivity contribution in [2.24, 2.45) is 5.73 Å². The molecule has 31 heavy (non-hydrogen) atoms. The third-order valence-electron chi connectivity index (χ3n) is 5.21. The Morgan fingerprint density at radius 2 is 2.00 bits per heavy atom. The van der Waals surface area contributed by atoms with E-state index in [2.05, 4.69) is 20.2 Å². The number of carbonyl (C=O) groups excluding carboxylic acids is 1. The van der Waals surface area contributed by atoms with E-state index in [-0.39, 0.29) is 17.0 Å². The molecule has 0 bridgehead atoms. The van der Waals surface area contributed by atoms with Crippen LogP contribution in [0.4, 0.5) is 11.4 Å². The fourth-order valence-corrected chi connectivity index (χ4v) is 3.77. The van der Waals surface area contributed by atoms with Crippen LogP contribution in [0.1, 0.15) is 30.8 Å². The van der Waals surface area contributed by atoms with Crippen LogP contribution in [0.2, 0.25) is 0 Å². The molecular weight excluding hydrogens is 396 g/mol. The SMILES string of the molecule is CC1(C)Cc2cc(NC(=O)/C(=C/N)c3ncc(C#N)cn3)c(N3CCOCC3)cc2O1. The molecule has 0 saturated carbocycles. The highest BCUT2D eigenvalue weighted by atomic mass is 16.5. The summed E-state index contributed by atoms with van der Waals surface area (Å²) in [7, 11) is 0. The topological polar surface area (TPSA) is 126 Å². The van der Waals surface area contributed by atoms with Gasteiger partial charge in [0.2, 0.25) is 0 Å². The number of hydrogen-bond acceptors (Lipinski definition) is 8. The molecule has 2 aliphatic rings. The number of benzene rings is 1. The van der Waals surface area contributed by atoms with Gasteiger partial charge in [-0.25, -0.2) is 9.97 Å². The molecule has 0 radical (unpaired) electrons. The summed E-state index contributed by atoms with van der Waals surface area (Å²) in [6, 6.07) is 5.89. The van der Waals surface area contributed by atoms with Crippen molar-refractivity contribution in [2.45, 2.75) is 25.9 Å². The molecule has 1 saturated heterocycles. The van der Waals surface area contributed by atoms with Crippen molar-refractivity contribution in [1.82, 2.24) is 9.97 Å². The molecule has 1 aromatic carbocycles. The number of rotatable bonds is 4. The molecule has 1 amide bonds. The van der Waals surface area contributed by atoms with E-state index in [4.69, 9.17) is 20.5 Å². The van der Waals surface area contributed by atoms with Crippen molar-refractivity contribution in [3.63, 3.8) is 0 Å². The van der Waals surface area contributed by atoms with Crippen LogP contribution in [-0.4, -0.2) is 47.8 Å². The average molecular weight is 420 g/mol. The van der Waals surface area contributed by atoms with Gasteiger partial charge < -0.3 is 25.4 Å². The summed E-state index contributed by atoms with van der Waals surface area (Å²) in [6.45, 7) is 6.73. The molecular formula is C22H24N6O3. The van der Waals surface area contributed by atoms with Crippen LogP contribution < -0.4 is 20.7 Å². The maximum Gasteiger partial charge on any atom is 0.261 e. The second-order valence-electron chi connectivity index (χ2n) is 8.06. The first-order valence-electron chi connectivity index (χ1n) is 10.0. The third-order valence-corrected chi connectivity index (χ3v) is 5.21. The van der Waals surface area contributed by atoms with E-state index in [0.717, 1.165) is 23.4 Å². The Balaban J connectivity index is 1.66. The molecule has 3 heterocycles. The fraction of sp³-hybridized carbons (Fsp3) is 0.364. The van der Waals surface area contributed by atoms with Gasteiger partial charge in [-0.15, -0.1) is 0 Å². The minimum atomic E-state index is -0.431. The van der Waals surface area contributed by atoms with Crippen molar-refractivity contribution < 1.29 is 14.3 Å². The summed E-state index contributed by atoms with van der Waals surface area (Å²) in [5, 5.41) is 11.9. The number of nitrogens with two attached hydrogens (primary N) is 1. The zero-order chi connectivity index (χ0) is 22.0. The minimum absolute atomic E-state index is 0.120. The largest absolute Gasteiger partial charge is 0.487 e. The normalized spacial score (nSPS) is 17.5. The van der Waals surface area contributed by atoms with E-state index in [1.54, 1.807) is 0 Å². The highest BCUT2D eigenvalue weighted by Gasteiger charge is 2.32. The maximum atomic E-state index is 13.1. The molecule has 0 aliphatic carbocycles. The molecule has 0 spiro atoms. The first-order chi connectivity index (χ1) is 14.9. The Kier molecular flexibility index (Phi) is 5.48. The summed E-state index contributed by atoms with van der Waals surface area (Å²) < 4.78 is 11.6.